The standard InChI is InChI=1S/C14H12ClFN2S/c15-14-4-3-12(19-14)5-6-18-9-11-2-1-10(8-17)7-13(11)16/h1-4,7,18H,5-6,9H2. The summed E-state index contributed by atoms with van der Waals surface area (Å²) < 4.78 is 14.4. The molecule has 0 saturated carbocycles. The smallest absolute Gasteiger partial charge is 0.129 e. The van der Waals surface area contributed by atoms with Gasteiger partial charge in [0.25, 0.3) is 0 Å². The summed E-state index contributed by atoms with van der Waals surface area (Å²) in [7, 11) is 0. The molecule has 2 rings (SSSR count). The van der Waals surface area contributed by atoms with E-state index >= 15 is 0 Å². The summed E-state index contributed by atoms with van der Waals surface area (Å²) in [5.41, 5.74) is 0.915. The lowest BCUT2D eigenvalue weighted by atomic mass is 10.1. The zero-order valence-corrected chi connectivity index (χ0v) is 11.7. The van der Waals surface area contributed by atoms with E-state index in [1.54, 1.807) is 23.5 Å². The van der Waals surface area contributed by atoms with Crippen LogP contribution in [0.25, 0.3) is 0 Å². The Hall–Kier alpha value is -1.41. The highest BCUT2D eigenvalue weighted by Crippen LogP contribution is 2.21. The quantitative estimate of drug-likeness (QED) is 0.853. The average Bonchev–Trinajstić information content (AvgIpc) is 2.82. The van der Waals surface area contributed by atoms with E-state index in [4.69, 9.17) is 16.9 Å². The Morgan fingerprint density at radius 2 is 2.16 bits per heavy atom. The lowest BCUT2D eigenvalue weighted by Gasteiger charge is -2.05. The molecule has 5 heteroatoms. The molecule has 19 heavy (non-hydrogen) atoms. The van der Waals surface area contributed by atoms with Crippen molar-refractivity contribution in [1.82, 2.24) is 5.32 Å². The highest BCUT2D eigenvalue weighted by atomic mass is 35.5. The van der Waals surface area contributed by atoms with Gasteiger partial charge in [-0.05, 0) is 30.7 Å². The Balaban J connectivity index is 1.81. The van der Waals surface area contributed by atoms with Gasteiger partial charge in [-0.2, -0.15) is 5.26 Å². The van der Waals surface area contributed by atoms with Crippen LogP contribution in [0.3, 0.4) is 0 Å². The lowest BCUT2D eigenvalue weighted by molar-refractivity contribution is 0.588. The Morgan fingerprint density at radius 3 is 2.79 bits per heavy atom. The minimum atomic E-state index is -0.342. The first kappa shape index (κ1) is 14.0. The van der Waals surface area contributed by atoms with Crippen molar-refractivity contribution in [2.45, 2.75) is 13.0 Å². The van der Waals surface area contributed by atoms with Gasteiger partial charge in [0.15, 0.2) is 0 Å². The summed E-state index contributed by atoms with van der Waals surface area (Å²) in [5.74, 6) is -0.342. The number of halogens is 2. The number of nitrogens with one attached hydrogen (secondary N) is 1. The molecule has 0 aliphatic heterocycles. The summed E-state index contributed by atoms with van der Waals surface area (Å²) in [6, 6.07) is 10.3. The van der Waals surface area contributed by atoms with Crippen LogP contribution in [0, 0.1) is 17.1 Å². The van der Waals surface area contributed by atoms with Crippen LogP contribution in [0.2, 0.25) is 4.34 Å². The van der Waals surface area contributed by atoms with Crippen molar-refractivity contribution in [2.75, 3.05) is 6.54 Å². The maximum atomic E-state index is 13.6. The normalized spacial score (nSPS) is 10.4. The third-order valence-corrected chi connectivity index (χ3v) is 3.97. The maximum absolute atomic E-state index is 13.6. The van der Waals surface area contributed by atoms with E-state index in [9.17, 15) is 4.39 Å². The average molecular weight is 295 g/mol. The van der Waals surface area contributed by atoms with Crippen LogP contribution in [0.4, 0.5) is 4.39 Å². The predicted octanol–water partition coefficient (Wildman–Crippen LogP) is 3.74. The van der Waals surface area contributed by atoms with Crippen molar-refractivity contribution in [1.29, 1.82) is 5.26 Å². The van der Waals surface area contributed by atoms with E-state index in [2.05, 4.69) is 5.32 Å². The number of nitriles is 1. The Morgan fingerprint density at radius 1 is 1.32 bits per heavy atom. The molecule has 0 radical (unpaired) electrons. The number of rotatable bonds is 5. The molecule has 2 aromatic rings. The maximum Gasteiger partial charge on any atom is 0.129 e. The minimum absolute atomic E-state index is 0.342. The summed E-state index contributed by atoms with van der Waals surface area (Å²) in [4.78, 5) is 1.21. The Labute approximate surface area is 120 Å². The van der Waals surface area contributed by atoms with Gasteiger partial charge in [0.05, 0.1) is 16.0 Å². The van der Waals surface area contributed by atoms with E-state index in [1.807, 2.05) is 18.2 Å². The number of thiophene rings is 1. The number of hydrogen-bond donors (Lipinski definition) is 1. The fraction of sp³-hybridized carbons (Fsp3) is 0.214. The molecule has 1 aromatic heterocycles. The number of benzene rings is 1. The largest absolute Gasteiger partial charge is 0.312 e. The molecule has 1 aromatic carbocycles. The zero-order chi connectivity index (χ0) is 13.7. The SMILES string of the molecule is N#Cc1ccc(CNCCc2ccc(Cl)s2)c(F)c1. The molecule has 2 nitrogen and oxygen atoms in total. The van der Waals surface area contributed by atoms with Crippen molar-refractivity contribution in [3.63, 3.8) is 0 Å². The summed E-state index contributed by atoms with van der Waals surface area (Å²) in [5, 5.41) is 11.8. The van der Waals surface area contributed by atoms with Gasteiger partial charge in [-0.1, -0.05) is 17.7 Å². The molecule has 98 valence electrons. The van der Waals surface area contributed by atoms with E-state index in [0.29, 0.717) is 17.7 Å². The second-order valence-electron chi connectivity index (χ2n) is 4.05. The van der Waals surface area contributed by atoms with Gasteiger partial charge in [0.2, 0.25) is 0 Å². The minimum Gasteiger partial charge on any atom is -0.312 e. The van der Waals surface area contributed by atoms with Crippen molar-refractivity contribution in [3.8, 4) is 6.07 Å². The fourth-order valence-electron chi connectivity index (χ4n) is 1.68. The molecule has 0 unspecified atom stereocenters. The molecule has 0 amide bonds. The van der Waals surface area contributed by atoms with E-state index in [1.165, 1.54) is 10.9 Å². The van der Waals surface area contributed by atoms with Crippen LogP contribution in [0.5, 0.6) is 0 Å². The second-order valence-corrected chi connectivity index (χ2v) is 5.85. The summed E-state index contributed by atoms with van der Waals surface area (Å²) >= 11 is 7.40. The van der Waals surface area contributed by atoms with Gasteiger partial charge < -0.3 is 5.32 Å². The lowest BCUT2D eigenvalue weighted by Crippen LogP contribution is -2.17. The highest BCUT2D eigenvalue weighted by Gasteiger charge is 2.03. The van der Waals surface area contributed by atoms with Gasteiger partial charge in [0, 0.05) is 23.5 Å². The van der Waals surface area contributed by atoms with Crippen molar-refractivity contribution in [2.24, 2.45) is 0 Å². The first-order chi connectivity index (χ1) is 9.19. The number of nitrogens with zero attached hydrogens (tertiary/aromatic N) is 1. The Kier molecular flexibility index (Phi) is 4.92. The second kappa shape index (κ2) is 6.67. The van der Waals surface area contributed by atoms with Crippen LogP contribution in [-0.2, 0) is 13.0 Å². The molecule has 1 heterocycles. The summed E-state index contributed by atoms with van der Waals surface area (Å²) in [6.07, 6.45) is 0.870. The van der Waals surface area contributed by atoms with Crippen LogP contribution in [-0.4, -0.2) is 6.54 Å². The van der Waals surface area contributed by atoms with E-state index in [0.717, 1.165) is 17.3 Å². The van der Waals surface area contributed by atoms with Crippen LogP contribution in [0.1, 0.15) is 16.0 Å². The predicted molar refractivity (Wildman–Crippen MR) is 75.9 cm³/mol. The van der Waals surface area contributed by atoms with Gasteiger partial charge >= 0.3 is 0 Å². The Bertz CT molecular complexity index is 604. The van der Waals surface area contributed by atoms with Crippen molar-refractivity contribution >= 4 is 22.9 Å². The molecule has 0 aliphatic carbocycles. The van der Waals surface area contributed by atoms with Gasteiger partial charge in [-0.3, -0.25) is 0 Å². The molecule has 0 fully saturated rings. The fourth-order valence-corrected chi connectivity index (χ4v) is 2.77. The number of hydrogen-bond acceptors (Lipinski definition) is 3. The first-order valence-corrected chi connectivity index (χ1v) is 7.02. The molecule has 0 bridgehead atoms. The van der Waals surface area contributed by atoms with Crippen molar-refractivity contribution in [3.05, 3.63) is 56.5 Å². The van der Waals surface area contributed by atoms with E-state index in [-0.39, 0.29) is 5.82 Å². The van der Waals surface area contributed by atoms with Crippen LogP contribution in [0.15, 0.2) is 30.3 Å². The topological polar surface area (TPSA) is 35.8 Å². The molecule has 0 spiro atoms. The molecule has 0 saturated heterocycles. The third kappa shape index (κ3) is 4.03. The van der Waals surface area contributed by atoms with Crippen LogP contribution >= 0.6 is 22.9 Å². The molecular weight excluding hydrogens is 283 g/mol. The van der Waals surface area contributed by atoms with Crippen molar-refractivity contribution < 1.29 is 4.39 Å². The third-order valence-electron chi connectivity index (χ3n) is 2.67. The zero-order valence-electron chi connectivity index (χ0n) is 10.1. The summed E-state index contributed by atoms with van der Waals surface area (Å²) in [6.45, 7) is 1.22. The van der Waals surface area contributed by atoms with Crippen LogP contribution < -0.4 is 5.32 Å². The molecule has 0 atom stereocenters. The van der Waals surface area contributed by atoms with Gasteiger partial charge in [-0.25, -0.2) is 4.39 Å². The molecule has 1 N–H and O–H groups in total. The van der Waals surface area contributed by atoms with E-state index < -0.39 is 0 Å². The van der Waals surface area contributed by atoms with Gasteiger partial charge in [0.1, 0.15) is 5.82 Å². The monoisotopic (exact) mass is 294 g/mol. The highest BCUT2D eigenvalue weighted by molar-refractivity contribution is 7.16. The molecular formula is C14H12ClFN2S. The molecule has 0 aliphatic rings. The first-order valence-electron chi connectivity index (χ1n) is 5.82. The van der Waals surface area contributed by atoms with Gasteiger partial charge in [-0.15, -0.1) is 11.3 Å².